The van der Waals surface area contributed by atoms with E-state index >= 15 is 0 Å². The van der Waals surface area contributed by atoms with E-state index in [9.17, 15) is 0 Å². The lowest BCUT2D eigenvalue weighted by Gasteiger charge is -1.88. The van der Waals surface area contributed by atoms with Crippen molar-refractivity contribution in [1.29, 1.82) is 0 Å². The molecule has 0 aliphatic carbocycles. The smallest absolute Gasteiger partial charge is 0.117 e. The third-order valence-electron chi connectivity index (χ3n) is 0.695. The Morgan fingerprint density at radius 3 is 2.12 bits per heavy atom. The maximum Gasteiger partial charge on any atom is 0.117 e. The van der Waals surface area contributed by atoms with Gasteiger partial charge < -0.3 is 5.73 Å². The highest BCUT2D eigenvalue weighted by Crippen LogP contribution is 1.85. The highest BCUT2D eigenvalue weighted by Gasteiger charge is 1.79. The minimum absolute atomic E-state index is 0.588. The fourth-order valence-electron chi connectivity index (χ4n) is 0.360. The monoisotopic (exact) mass is 112 g/mol. The van der Waals surface area contributed by atoms with Gasteiger partial charge in [0.25, 0.3) is 0 Å². The molecule has 0 atom stereocenters. The predicted molar refractivity (Wildman–Crippen MR) is 37.0 cm³/mol. The molecule has 0 spiro atoms. The summed E-state index contributed by atoms with van der Waals surface area (Å²) in [6, 6.07) is 0. The van der Waals surface area contributed by atoms with E-state index in [2.05, 4.69) is 4.99 Å². The molecule has 0 amide bonds. The summed E-state index contributed by atoms with van der Waals surface area (Å²) < 4.78 is 0. The largest absolute Gasteiger partial charge is 0.384 e. The summed E-state index contributed by atoms with van der Waals surface area (Å²) in [6.07, 6.45) is 1.83. The van der Waals surface area contributed by atoms with Gasteiger partial charge in [-0.05, 0) is 19.9 Å². The van der Waals surface area contributed by atoms with Crippen LogP contribution in [0.3, 0.4) is 0 Å². The summed E-state index contributed by atoms with van der Waals surface area (Å²) >= 11 is 0. The molecule has 0 aliphatic heterocycles. The second kappa shape index (κ2) is 3.24. The first-order valence-electron chi connectivity index (χ1n) is 2.54. The van der Waals surface area contributed by atoms with Gasteiger partial charge in [0.05, 0.1) is 0 Å². The second-order valence-corrected chi connectivity index (χ2v) is 1.87. The van der Waals surface area contributed by atoms with E-state index in [0.29, 0.717) is 5.84 Å². The summed E-state index contributed by atoms with van der Waals surface area (Å²) in [5, 5.41) is 0. The molecule has 0 saturated carbocycles. The van der Waals surface area contributed by atoms with E-state index in [0.717, 1.165) is 0 Å². The van der Waals surface area contributed by atoms with Crippen LogP contribution >= 0.6 is 0 Å². The Bertz CT molecular complexity index is 118. The Morgan fingerprint density at radius 1 is 1.50 bits per heavy atom. The van der Waals surface area contributed by atoms with Crippen LogP contribution in [0.4, 0.5) is 0 Å². The molecule has 0 rings (SSSR count). The maximum absolute atomic E-state index is 5.35. The molecule has 0 aromatic heterocycles. The average molecular weight is 112 g/mol. The highest BCUT2D eigenvalue weighted by atomic mass is 14.8. The summed E-state index contributed by atoms with van der Waals surface area (Å²) in [4.78, 5) is 3.75. The van der Waals surface area contributed by atoms with Crippen LogP contribution in [0.2, 0.25) is 0 Å². The molecule has 2 N–H and O–H groups in total. The molecule has 0 saturated heterocycles. The topological polar surface area (TPSA) is 38.4 Å². The van der Waals surface area contributed by atoms with E-state index in [1.165, 1.54) is 5.57 Å². The van der Waals surface area contributed by atoms with Crippen LogP contribution in [0.5, 0.6) is 0 Å². The quantitative estimate of drug-likeness (QED) is 0.398. The molecular weight excluding hydrogens is 100 g/mol. The van der Waals surface area contributed by atoms with Crippen molar-refractivity contribution in [3.8, 4) is 0 Å². The normalized spacial score (nSPS) is 11.1. The molecule has 46 valence electrons. The van der Waals surface area contributed by atoms with Crippen LogP contribution < -0.4 is 5.73 Å². The molecule has 2 nitrogen and oxygen atoms in total. The molecular formula is C6H12N2. The standard InChI is InChI=1S/C6H12N2/c1-5(2)4-6(7)8-3/h4H,1-3H3,(H2,7,8). The summed E-state index contributed by atoms with van der Waals surface area (Å²) in [6.45, 7) is 3.97. The number of rotatable bonds is 1. The van der Waals surface area contributed by atoms with Gasteiger partial charge in [0, 0.05) is 7.05 Å². The van der Waals surface area contributed by atoms with E-state index < -0.39 is 0 Å². The van der Waals surface area contributed by atoms with E-state index in [4.69, 9.17) is 5.73 Å². The van der Waals surface area contributed by atoms with Crippen LogP contribution in [-0.4, -0.2) is 12.9 Å². The Labute approximate surface area is 50.1 Å². The van der Waals surface area contributed by atoms with Crippen LogP contribution in [0.25, 0.3) is 0 Å². The van der Waals surface area contributed by atoms with Gasteiger partial charge in [-0.2, -0.15) is 0 Å². The molecule has 0 heterocycles. The molecule has 0 aliphatic rings. The molecule has 0 unspecified atom stereocenters. The number of hydrogen-bond donors (Lipinski definition) is 1. The Morgan fingerprint density at radius 2 is 2.00 bits per heavy atom. The van der Waals surface area contributed by atoms with Gasteiger partial charge in [0.15, 0.2) is 0 Å². The number of allylic oxidation sites excluding steroid dienone is 1. The van der Waals surface area contributed by atoms with Crippen LogP contribution in [-0.2, 0) is 0 Å². The van der Waals surface area contributed by atoms with Crippen molar-refractivity contribution in [3.63, 3.8) is 0 Å². The first-order chi connectivity index (χ1) is 3.66. The summed E-state index contributed by atoms with van der Waals surface area (Å²) in [5.41, 5.74) is 6.52. The first-order valence-corrected chi connectivity index (χ1v) is 2.54. The van der Waals surface area contributed by atoms with Crippen molar-refractivity contribution in [2.45, 2.75) is 13.8 Å². The zero-order valence-electron chi connectivity index (χ0n) is 5.60. The SMILES string of the molecule is C/N=C(/N)C=C(C)C. The fraction of sp³-hybridized carbons (Fsp3) is 0.500. The lowest BCUT2D eigenvalue weighted by Crippen LogP contribution is -2.07. The molecule has 0 aromatic carbocycles. The lowest BCUT2D eigenvalue weighted by atomic mass is 10.3. The van der Waals surface area contributed by atoms with Gasteiger partial charge in [-0.1, -0.05) is 5.57 Å². The Hall–Kier alpha value is -0.790. The third kappa shape index (κ3) is 3.40. The van der Waals surface area contributed by atoms with Crippen molar-refractivity contribution in [2.24, 2.45) is 10.7 Å². The molecule has 0 radical (unpaired) electrons. The average Bonchev–Trinajstić information content (AvgIpc) is 1.65. The van der Waals surface area contributed by atoms with Gasteiger partial charge >= 0.3 is 0 Å². The highest BCUT2D eigenvalue weighted by molar-refractivity contribution is 5.91. The summed E-state index contributed by atoms with van der Waals surface area (Å²) in [7, 11) is 1.68. The first kappa shape index (κ1) is 7.21. The molecule has 2 heteroatoms. The van der Waals surface area contributed by atoms with Crippen molar-refractivity contribution >= 4 is 5.84 Å². The number of aliphatic imine (C=N–C) groups is 1. The van der Waals surface area contributed by atoms with Crippen LogP contribution in [0.15, 0.2) is 16.6 Å². The predicted octanol–water partition coefficient (Wildman–Crippen LogP) is 0.940. The van der Waals surface area contributed by atoms with Gasteiger partial charge in [-0.15, -0.1) is 0 Å². The van der Waals surface area contributed by atoms with Crippen molar-refractivity contribution in [3.05, 3.63) is 11.6 Å². The van der Waals surface area contributed by atoms with Gasteiger partial charge in [0.1, 0.15) is 5.84 Å². The van der Waals surface area contributed by atoms with Crippen LogP contribution in [0.1, 0.15) is 13.8 Å². The van der Waals surface area contributed by atoms with Crippen molar-refractivity contribution in [2.75, 3.05) is 7.05 Å². The number of amidine groups is 1. The maximum atomic E-state index is 5.35. The fourth-order valence-corrected chi connectivity index (χ4v) is 0.360. The number of hydrogen-bond acceptors (Lipinski definition) is 1. The lowest BCUT2D eigenvalue weighted by molar-refractivity contribution is 1.36. The zero-order valence-corrected chi connectivity index (χ0v) is 5.60. The molecule has 8 heavy (non-hydrogen) atoms. The molecule has 0 bridgehead atoms. The second-order valence-electron chi connectivity index (χ2n) is 1.87. The van der Waals surface area contributed by atoms with E-state index in [-0.39, 0.29) is 0 Å². The van der Waals surface area contributed by atoms with E-state index in [1.54, 1.807) is 7.05 Å². The Balaban J connectivity index is 3.89. The number of nitrogens with two attached hydrogens (primary N) is 1. The number of nitrogens with zero attached hydrogens (tertiary/aromatic N) is 1. The zero-order chi connectivity index (χ0) is 6.57. The minimum Gasteiger partial charge on any atom is -0.384 e. The minimum atomic E-state index is 0.588. The van der Waals surface area contributed by atoms with Gasteiger partial charge in [-0.25, -0.2) is 0 Å². The van der Waals surface area contributed by atoms with Crippen molar-refractivity contribution < 1.29 is 0 Å². The molecule has 0 fully saturated rings. The van der Waals surface area contributed by atoms with Gasteiger partial charge in [-0.3, -0.25) is 4.99 Å². The summed E-state index contributed by atoms with van der Waals surface area (Å²) in [5.74, 6) is 0.588. The van der Waals surface area contributed by atoms with Crippen LogP contribution in [0, 0.1) is 0 Å². The van der Waals surface area contributed by atoms with Crippen molar-refractivity contribution in [1.82, 2.24) is 0 Å². The van der Waals surface area contributed by atoms with E-state index in [1.807, 2.05) is 19.9 Å². The Kier molecular flexibility index (Phi) is 2.92. The molecule has 0 aromatic rings. The third-order valence-corrected chi connectivity index (χ3v) is 0.695. The van der Waals surface area contributed by atoms with Gasteiger partial charge in [0.2, 0.25) is 0 Å².